The Kier molecular flexibility index (Phi) is 4.05. The molecule has 1 aromatic heterocycles. The number of aryl methyl sites for hydroxylation is 2. The van der Waals surface area contributed by atoms with Crippen molar-refractivity contribution in [1.82, 2.24) is 4.98 Å². The van der Waals surface area contributed by atoms with Gasteiger partial charge in [-0.1, -0.05) is 11.6 Å². The van der Waals surface area contributed by atoms with Crippen LogP contribution >= 0.6 is 0 Å². The summed E-state index contributed by atoms with van der Waals surface area (Å²) in [7, 11) is 0. The lowest BCUT2D eigenvalue weighted by atomic mass is 10.1. The Labute approximate surface area is 136 Å². The molecule has 124 valence electrons. The van der Waals surface area contributed by atoms with E-state index in [4.69, 9.17) is 0 Å². The van der Waals surface area contributed by atoms with Crippen molar-refractivity contribution in [1.29, 1.82) is 0 Å². The number of amides is 1. The molecular formula is C18H15F3N2O. The van der Waals surface area contributed by atoms with Crippen LogP contribution in [0, 0.1) is 31.3 Å². The van der Waals surface area contributed by atoms with Crippen molar-refractivity contribution in [2.24, 2.45) is 0 Å². The summed E-state index contributed by atoms with van der Waals surface area (Å²) < 4.78 is 39.8. The number of aromatic nitrogens is 1. The molecule has 0 aliphatic heterocycles. The summed E-state index contributed by atoms with van der Waals surface area (Å²) in [5.41, 5.74) is 3.19. The van der Waals surface area contributed by atoms with Gasteiger partial charge in [-0.3, -0.25) is 4.79 Å². The van der Waals surface area contributed by atoms with Crippen molar-refractivity contribution in [3.63, 3.8) is 0 Å². The standard InChI is InChI=1S/C18H15F3N2O/c1-9-3-5-14-12(7-9)11(10(2)22-14)8-16(24)23-15-6-4-13(19)17(20)18(15)21/h3-7,22H,8H2,1-2H3,(H,23,24). The summed E-state index contributed by atoms with van der Waals surface area (Å²) in [6.45, 7) is 3.79. The van der Waals surface area contributed by atoms with E-state index in [0.29, 0.717) is 0 Å². The zero-order valence-electron chi connectivity index (χ0n) is 13.1. The third kappa shape index (κ3) is 2.87. The highest BCUT2D eigenvalue weighted by molar-refractivity contribution is 5.96. The minimum atomic E-state index is -1.60. The summed E-state index contributed by atoms with van der Waals surface area (Å²) >= 11 is 0. The average molecular weight is 332 g/mol. The topological polar surface area (TPSA) is 44.9 Å². The molecule has 6 heteroatoms. The van der Waals surface area contributed by atoms with E-state index in [0.717, 1.165) is 39.9 Å². The fraction of sp³-hybridized carbons (Fsp3) is 0.167. The van der Waals surface area contributed by atoms with E-state index in [1.54, 1.807) is 0 Å². The van der Waals surface area contributed by atoms with Gasteiger partial charge >= 0.3 is 0 Å². The van der Waals surface area contributed by atoms with Gasteiger partial charge in [0.05, 0.1) is 12.1 Å². The summed E-state index contributed by atoms with van der Waals surface area (Å²) in [6.07, 6.45) is -0.00623. The van der Waals surface area contributed by atoms with Crippen LogP contribution < -0.4 is 5.32 Å². The number of benzene rings is 2. The number of halogens is 3. The van der Waals surface area contributed by atoms with E-state index >= 15 is 0 Å². The molecule has 0 saturated heterocycles. The van der Waals surface area contributed by atoms with E-state index in [1.165, 1.54) is 0 Å². The van der Waals surface area contributed by atoms with E-state index in [9.17, 15) is 18.0 Å². The van der Waals surface area contributed by atoms with Gasteiger partial charge in [0.25, 0.3) is 0 Å². The van der Waals surface area contributed by atoms with Crippen LogP contribution in [0.1, 0.15) is 16.8 Å². The van der Waals surface area contributed by atoms with Gasteiger partial charge in [-0.2, -0.15) is 0 Å². The highest BCUT2D eigenvalue weighted by atomic mass is 19.2. The fourth-order valence-corrected chi connectivity index (χ4v) is 2.70. The first-order valence-corrected chi connectivity index (χ1v) is 7.38. The molecule has 0 saturated carbocycles. The van der Waals surface area contributed by atoms with Crippen LogP contribution in [-0.4, -0.2) is 10.9 Å². The first-order chi connectivity index (χ1) is 11.4. The first kappa shape index (κ1) is 16.1. The highest BCUT2D eigenvalue weighted by Crippen LogP contribution is 2.25. The lowest BCUT2D eigenvalue weighted by Crippen LogP contribution is -2.16. The Hall–Kier alpha value is -2.76. The van der Waals surface area contributed by atoms with E-state index in [2.05, 4.69) is 10.3 Å². The minimum absolute atomic E-state index is 0.00623. The van der Waals surface area contributed by atoms with Gasteiger partial charge in [-0.05, 0) is 43.7 Å². The lowest BCUT2D eigenvalue weighted by molar-refractivity contribution is -0.115. The molecule has 0 aliphatic rings. The molecule has 0 bridgehead atoms. The number of fused-ring (bicyclic) bond motifs is 1. The van der Waals surface area contributed by atoms with Crippen molar-refractivity contribution in [3.8, 4) is 0 Å². The average Bonchev–Trinajstić information content (AvgIpc) is 2.83. The van der Waals surface area contributed by atoms with Crippen LogP contribution in [0.2, 0.25) is 0 Å². The fourth-order valence-electron chi connectivity index (χ4n) is 2.70. The largest absolute Gasteiger partial charge is 0.358 e. The Bertz CT molecular complexity index is 947. The Morgan fingerprint density at radius 3 is 2.58 bits per heavy atom. The molecular weight excluding hydrogens is 317 g/mol. The zero-order chi connectivity index (χ0) is 17.4. The van der Waals surface area contributed by atoms with Crippen molar-refractivity contribution in [3.05, 3.63) is 64.6 Å². The molecule has 1 heterocycles. The molecule has 0 atom stereocenters. The third-order valence-corrected chi connectivity index (χ3v) is 3.92. The van der Waals surface area contributed by atoms with Gasteiger partial charge in [-0.15, -0.1) is 0 Å². The molecule has 0 radical (unpaired) electrons. The molecule has 0 aliphatic carbocycles. The van der Waals surface area contributed by atoms with Gasteiger partial charge in [0.2, 0.25) is 5.91 Å². The Morgan fingerprint density at radius 2 is 1.83 bits per heavy atom. The maximum absolute atomic E-state index is 13.7. The van der Waals surface area contributed by atoms with Crippen molar-refractivity contribution in [2.75, 3.05) is 5.32 Å². The number of aromatic amines is 1. The Balaban J connectivity index is 1.87. The summed E-state index contributed by atoms with van der Waals surface area (Å²) in [6, 6.07) is 7.61. The third-order valence-electron chi connectivity index (χ3n) is 3.92. The Morgan fingerprint density at radius 1 is 1.08 bits per heavy atom. The molecule has 1 amide bonds. The number of nitrogens with one attached hydrogen (secondary N) is 2. The van der Waals surface area contributed by atoms with Crippen LogP contribution in [0.15, 0.2) is 30.3 Å². The molecule has 0 fully saturated rings. The minimum Gasteiger partial charge on any atom is -0.358 e. The lowest BCUT2D eigenvalue weighted by Gasteiger charge is -2.08. The number of rotatable bonds is 3. The molecule has 2 N–H and O–H groups in total. The molecule has 0 unspecified atom stereocenters. The van der Waals surface area contributed by atoms with Gasteiger partial charge in [0.1, 0.15) is 0 Å². The summed E-state index contributed by atoms with van der Waals surface area (Å²) in [4.78, 5) is 15.4. The predicted octanol–water partition coefficient (Wildman–Crippen LogP) is 4.38. The maximum atomic E-state index is 13.7. The highest BCUT2D eigenvalue weighted by Gasteiger charge is 2.17. The molecule has 0 spiro atoms. The van der Waals surface area contributed by atoms with Gasteiger partial charge in [-0.25, -0.2) is 13.2 Å². The smallest absolute Gasteiger partial charge is 0.228 e. The first-order valence-electron chi connectivity index (χ1n) is 7.38. The molecule has 3 aromatic rings. The number of hydrogen-bond acceptors (Lipinski definition) is 1. The molecule has 3 nitrogen and oxygen atoms in total. The quantitative estimate of drug-likeness (QED) is 0.687. The summed E-state index contributed by atoms with van der Waals surface area (Å²) in [5.74, 6) is -4.82. The number of hydrogen-bond donors (Lipinski definition) is 2. The number of anilines is 1. The maximum Gasteiger partial charge on any atom is 0.228 e. The van der Waals surface area contributed by atoms with Crippen LogP contribution in [0.5, 0.6) is 0 Å². The van der Waals surface area contributed by atoms with E-state index in [1.807, 2.05) is 32.0 Å². The second-order valence-electron chi connectivity index (χ2n) is 5.73. The van der Waals surface area contributed by atoms with Crippen molar-refractivity contribution >= 4 is 22.5 Å². The monoisotopic (exact) mass is 332 g/mol. The number of carbonyl (C=O) groups excluding carboxylic acids is 1. The molecule has 24 heavy (non-hydrogen) atoms. The van der Waals surface area contributed by atoms with Crippen LogP contribution in [-0.2, 0) is 11.2 Å². The molecule has 3 rings (SSSR count). The second-order valence-corrected chi connectivity index (χ2v) is 5.73. The number of carbonyl (C=O) groups is 1. The van der Waals surface area contributed by atoms with E-state index in [-0.39, 0.29) is 12.1 Å². The SMILES string of the molecule is Cc1ccc2[nH]c(C)c(CC(=O)Nc3ccc(F)c(F)c3F)c2c1. The van der Waals surface area contributed by atoms with Gasteiger partial charge in [0, 0.05) is 16.6 Å². The van der Waals surface area contributed by atoms with Crippen LogP contribution in [0.3, 0.4) is 0 Å². The van der Waals surface area contributed by atoms with Gasteiger partial charge in [0.15, 0.2) is 17.5 Å². The predicted molar refractivity (Wildman–Crippen MR) is 86.4 cm³/mol. The van der Waals surface area contributed by atoms with Crippen LogP contribution in [0.25, 0.3) is 10.9 Å². The van der Waals surface area contributed by atoms with Crippen LogP contribution in [0.4, 0.5) is 18.9 Å². The molecule has 2 aromatic carbocycles. The zero-order valence-corrected chi connectivity index (χ0v) is 13.1. The normalized spacial score (nSPS) is 11.0. The van der Waals surface area contributed by atoms with E-state index < -0.39 is 23.4 Å². The summed E-state index contributed by atoms with van der Waals surface area (Å²) in [5, 5.41) is 3.20. The van der Waals surface area contributed by atoms with Gasteiger partial charge < -0.3 is 10.3 Å². The van der Waals surface area contributed by atoms with Crippen molar-refractivity contribution < 1.29 is 18.0 Å². The second kappa shape index (κ2) is 6.03. The van der Waals surface area contributed by atoms with Crippen molar-refractivity contribution in [2.45, 2.75) is 20.3 Å². The number of H-pyrrole nitrogens is 1.